The fourth-order valence-corrected chi connectivity index (χ4v) is 2.58. The third-order valence-corrected chi connectivity index (χ3v) is 3.76. The number of hydrogen-bond donors (Lipinski definition) is 2. The lowest BCUT2D eigenvalue weighted by molar-refractivity contribution is 0.400. The molecule has 0 aliphatic heterocycles. The SMILES string of the molecule is Cc1cc(Nc2cc(-c3ccccc3)nc(Nc3cccc(F)c3)n2)no1. The van der Waals surface area contributed by atoms with E-state index in [2.05, 4.69) is 25.8 Å². The van der Waals surface area contributed by atoms with E-state index in [4.69, 9.17) is 4.52 Å². The second-order valence-corrected chi connectivity index (χ2v) is 5.91. The molecule has 0 atom stereocenters. The van der Waals surface area contributed by atoms with Crippen LogP contribution in [0.25, 0.3) is 11.3 Å². The number of aromatic nitrogens is 3. The van der Waals surface area contributed by atoms with Gasteiger partial charge in [-0.1, -0.05) is 41.6 Å². The lowest BCUT2D eigenvalue weighted by Gasteiger charge is -2.10. The van der Waals surface area contributed by atoms with Crippen molar-refractivity contribution in [3.05, 3.63) is 78.3 Å². The van der Waals surface area contributed by atoms with Crippen LogP contribution in [0.3, 0.4) is 0 Å². The summed E-state index contributed by atoms with van der Waals surface area (Å²) >= 11 is 0. The maximum atomic E-state index is 13.5. The zero-order valence-corrected chi connectivity index (χ0v) is 14.5. The predicted molar refractivity (Wildman–Crippen MR) is 102 cm³/mol. The fraction of sp³-hybridized carbons (Fsp3) is 0.0500. The van der Waals surface area contributed by atoms with Crippen LogP contribution in [0, 0.1) is 12.7 Å². The molecule has 0 radical (unpaired) electrons. The minimum Gasteiger partial charge on any atom is -0.360 e. The molecule has 2 aromatic heterocycles. The number of aryl methyl sites for hydroxylation is 1. The smallest absolute Gasteiger partial charge is 0.229 e. The first-order valence-electron chi connectivity index (χ1n) is 8.33. The third-order valence-electron chi connectivity index (χ3n) is 3.76. The van der Waals surface area contributed by atoms with Crippen LogP contribution in [-0.4, -0.2) is 15.1 Å². The van der Waals surface area contributed by atoms with Crippen molar-refractivity contribution in [2.75, 3.05) is 10.6 Å². The zero-order valence-electron chi connectivity index (χ0n) is 14.5. The Balaban J connectivity index is 1.71. The number of nitrogens with zero attached hydrogens (tertiary/aromatic N) is 3. The molecule has 0 saturated carbocycles. The van der Waals surface area contributed by atoms with Gasteiger partial charge in [0.1, 0.15) is 17.4 Å². The van der Waals surface area contributed by atoms with Crippen molar-refractivity contribution in [2.24, 2.45) is 0 Å². The normalized spacial score (nSPS) is 10.6. The van der Waals surface area contributed by atoms with Gasteiger partial charge >= 0.3 is 0 Å². The van der Waals surface area contributed by atoms with Gasteiger partial charge in [-0.15, -0.1) is 0 Å². The van der Waals surface area contributed by atoms with E-state index in [0.717, 1.165) is 5.56 Å². The van der Waals surface area contributed by atoms with Crippen LogP contribution in [0.1, 0.15) is 5.76 Å². The molecule has 2 aromatic carbocycles. The van der Waals surface area contributed by atoms with Crippen LogP contribution in [0.5, 0.6) is 0 Å². The predicted octanol–water partition coefficient (Wildman–Crippen LogP) is 5.07. The molecule has 0 fully saturated rings. The van der Waals surface area contributed by atoms with Crippen molar-refractivity contribution in [3.63, 3.8) is 0 Å². The molecule has 4 aromatic rings. The van der Waals surface area contributed by atoms with Gasteiger partial charge in [0.2, 0.25) is 5.95 Å². The van der Waals surface area contributed by atoms with Gasteiger partial charge in [0.15, 0.2) is 5.82 Å². The van der Waals surface area contributed by atoms with Crippen molar-refractivity contribution in [3.8, 4) is 11.3 Å². The Morgan fingerprint density at radius 3 is 2.44 bits per heavy atom. The zero-order chi connectivity index (χ0) is 18.6. The van der Waals surface area contributed by atoms with Crippen molar-refractivity contribution in [2.45, 2.75) is 6.92 Å². The largest absolute Gasteiger partial charge is 0.360 e. The molecule has 6 nitrogen and oxygen atoms in total. The highest BCUT2D eigenvalue weighted by Crippen LogP contribution is 2.25. The number of hydrogen-bond acceptors (Lipinski definition) is 6. The van der Waals surface area contributed by atoms with Crippen molar-refractivity contribution in [1.82, 2.24) is 15.1 Å². The summed E-state index contributed by atoms with van der Waals surface area (Å²) in [6.07, 6.45) is 0. The van der Waals surface area contributed by atoms with Crippen LogP contribution in [0.4, 0.5) is 27.7 Å². The number of nitrogens with one attached hydrogen (secondary N) is 2. The summed E-state index contributed by atoms with van der Waals surface area (Å²) in [5.74, 6) is 1.77. The summed E-state index contributed by atoms with van der Waals surface area (Å²) in [7, 11) is 0. The van der Waals surface area contributed by atoms with Gasteiger partial charge in [0.25, 0.3) is 0 Å². The van der Waals surface area contributed by atoms with E-state index in [1.807, 2.05) is 43.3 Å². The molecule has 0 unspecified atom stereocenters. The van der Waals surface area contributed by atoms with Crippen LogP contribution in [0.15, 0.2) is 71.3 Å². The summed E-state index contributed by atoms with van der Waals surface area (Å²) < 4.78 is 18.5. The quantitative estimate of drug-likeness (QED) is 0.517. The van der Waals surface area contributed by atoms with E-state index in [9.17, 15) is 4.39 Å². The maximum Gasteiger partial charge on any atom is 0.229 e. The number of halogens is 1. The summed E-state index contributed by atoms with van der Waals surface area (Å²) in [5, 5.41) is 10.1. The molecule has 0 bridgehead atoms. The molecule has 7 heteroatoms. The van der Waals surface area contributed by atoms with E-state index >= 15 is 0 Å². The minimum absolute atomic E-state index is 0.337. The van der Waals surface area contributed by atoms with Crippen LogP contribution < -0.4 is 10.6 Å². The number of anilines is 4. The summed E-state index contributed by atoms with van der Waals surface area (Å²) in [4.78, 5) is 9.00. The Morgan fingerprint density at radius 2 is 1.70 bits per heavy atom. The minimum atomic E-state index is -0.337. The van der Waals surface area contributed by atoms with Crippen LogP contribution >= 0.6 is 0 Å². The van der Waals surface area contributed by atoms with E-state index in [1.54, 1.807) is 18.2 Å². The average molecular weight is 361 g/mol. The van der Waals surface area contributed by atoms with Gasteiger partial charge < -0.3 is 15.2 Å². The highest BCUT2D eigenvalue weighted by atomic mass is 19.1. The monoisotopic (exact) mass is 361 g/mol. The number of benzene rings is 2. The second kappa shape index (κ2) is 7.25. The molecule has 2 heterocycles. The molecule has 4 rings (SSSR count). The fourth-order valence-electron chi connectivity index (χ4n) is 2.58. The van der Waals surface area contributed by atoms with Gasteiger partial charge in [-0.05, 0) is 25.1 Å². The summed E-state index contributed by atoms with van der Waals surface area (Å²) in [6.45, 7) is 1.81. The maximum absolute atomic E-state index is 13.5. The average Bonchev–Trinajstić information content (AvgIpc) is 3.07. The topological polar surface area (TPSA) is 75.9 Å². The van der Waals surface area contributed by atoms with Gasteiger partial charge in [-0.3, -0.25) is 0 Å². The van der Waals surface area contributed by atoms with E-state index < -0.39 is 0 Å². The van der Waals surface area contributed by atoms with Gasteiger partial charge in [0, 0.05) is 23.4 Å². The summed E-state index contributed by atoms with van der Waals surface area (Å²) in [6, 6.07) is 19.4. The molecule has 2 N–H and O–H groups in total. The Morgan fingerprint density at radius 1 is 0.852 bits per heavy atom. The van der Waals surface area contributed by atoms with E-state index in [-0.39, 0.29) is 5.82 Å². The molecular formula is C20H16FN5O. The third kappa shape index (κ3) is 4.09. The molecule has 0 aliphatic carbocycles. The summed E-state index contributed by atoms with van der Waals surface area (Å²) in [5.41, 5.74) is 2.21. The number of rotatable bonds is 5. The van der Waals surface area contributed by atoms with Crippen molar-refractivity contribution >= 4 is 23.3 Å². The molecule has 0 saturated heterocycles. The molecule has 0 amide bonds. The lowest BCUT2D eigenvalue weighted by Crippen LogP contribution is -2.02. The standard InChI is InChI=1S/C20H16FN5O/c1-13-10-19(26-27-13)24-18-12-17(14-6-3-2-4-7-14)23-20(25-18)22-16-9-5-8-15(21)11-16/h2-12H,1H3,(H2,22,23,24,25,26). The first-order valence-corrected chi connectivity index (χ1v) is 8.33. The Labute approximate surface area is 155 Å². The molecule has 0 spiro atoms. The molecule has 0 aliphatic rings. The lowest BCUT2D eigenvalue weighted by atomic mass is 10.1. The highest BCUT2D eigenvalue weighted by Gasteiger charge is 2.09. The first kappa shape index (κ1) is 16.7. The molecule has 27 heavy (non-hydrogen) atoms. The van der Waals surface area contributed by atoms with Crippen LogP contribution in [-0.2, 0) is 0 Å². The Hall–Kier alpha value is -3.74. The van der Waals surface area contributed by atoms with Crippen molar-refractivity contribution in [1.29, 1.82) is 0 Å². The van der Waals surface area contributed by atoms with Gasteiger partial charge in [-0.25, -0.2) is 9.37 Å². The Bertz CT molecular complexity index is 1060. The molecule has 134 valence electrons. The van der Waals surface area contributed by atoms with Gasteiger partial charge in [-0.2, -0.15) is 4.98 Å². The van der Waals surface area contributed by atoms with Crippen molar-refractivity contribution < 1.29 is 8.91 Å². The van der Waals surface area contributed by atoms with E-state index in [0.29, 0.717) is 34.7 Å². The van der Waals surface area contributed by atoms with Crippen LogP contribution in [0.2, 0.25) is 0 Å². The molecular weight excluding hydrogens is 345 g/mol. The second-order valence-electron chi connectivity index (χ2n) is 5.91. The first-order chi connectivity index (χ1) is 13.2. The Kier molecular flexibility index (Phi) is 4.49. The van der Waals surface area contributed by atoms with Gasteiger partial charge in [0.05, 0.1) is 5.69 Å². The highest BCUT2D eigenvalue weighted by molar-refractivity contribution is 5.68. The van der Waals surface area contributed by atoms with E-state index in [1.165, 1.54) is 12.1 Å².